The van der Waals surface area contributed by atoms with E-state index in [0.29, 0.717) is 17.2 Å². The van der Waals surface area contributed by atoms with Gasteiger partial charge in [0.05, 0.1) is 0 Å². The third-order valence-electron chi connectivity index (χ3n) is 7.49. The highest BCUT2D eigenvalue weighted by Crippen LogP contribution is 2.40. The quantitative estimate of drug-likeness (QED) is 0.166. The van der Waals surface area contributed by atoms with Crippen LogP contribution in [0.5, 0.6) is 17.2 Å². The minimum atomic E-state index is -3.04. The van der Waals surface area contributed by atoms with Crippen molar-refractivity contribution in [3.8, 4) is 39.5 Å². The van der Waals surface area contributed by atoms with Crippen molar-refractivity contribution in [1.29, 1.82) is 0 Å². The molecule has 0 saturated carbocycles. The molecule has 0 unspecified atom stereocenters. The van der Waals surface area contributed by atoms with Gasteiger partial charge in [-0.25, -0.2) is 9.97 Å². The molecule has 0 saturated heterocycles. The van der Waals surface area contributed by atoms with Gasteiger partial charge in [0, 0.05) is 33.3 Å². The van der Waals surface area contributed by atoms with Gasteiger partial charge in [0.1, 0.15) is 28.3 Å². The molecule has 7 aromatic rings. The van der Waals surface area contributed by atoms with E-state index in [1.165, 1.54) is 0 Å². The van der Waals surface area contributed by atoms with Gasteiger partial charge in [-0.1, -0.05) is 115 Å². The fourth-order valence-electron chi connectivity index (χ4n) is 5.35. The second-order valence-electron chi connectivity index (χ2n) is 10.6. The molecule has 0 spiro atoms. The van der Waals surface area contributed by atoms with Gasteiger partial charge >= 0.3 is 15.1 Å². The summed E-state index contributed by atoms with van der Waals surface area (Å²) in [5.41, 5.74) is 7.33. The Balaban J connectivity index is 1.39. The van der Waals surface area contributed by atoms with Gasteiger partial charge in [0.15, 0.2) is 0 Å². The average Bonchev–Trinajstić information content (AvgIpc) is 3.06. The molecule has 6 heteroatoms. The number of rotatable bonds is 8. The molecule has 0 aliphatic carbocycles. The number of hydrogen-bond donors (Lipinski definition) is 0. The SMILES string of the molecule is Cc1ccc2cccc([O][Al]([O]c3c(-c4ccccc4)cccc3-c3ccccc3)[O]c3cccc4ccc(C)nc34)c2n1. The van der Waals surface area contributed by atoms with Crippen molar-refractivity contribution in [3.05, 3.63) is 151 Å². The summed E-state index contributed by atoms with van der Waals surface area (Å²) >= 11 is -3.04. The monoisotopic (exact) mass is 588 g/mol. The van der Waals surface area contributed by atoms with Gasteiger partial charge in [-0.05, 0) is 49.2 Å². The first-order valence-corrected chi connectivity index (χ1v) is 16.0. The third-order valence-corrected chi connectivity index (χ3v) is 8.81. The number of hydrogen-bond acceptors (Lipinski definition) is 5. The summed E-state index contributed by atoms with van der Waals surface area (Å²) in [5, 5.41) is 1.97. The molecule has 0 aliphatic rings. The van der Waals surface area contributed by atoms with E-state index < -0.39 is 15.1 Å². The Morgan fingerprint density at radius 2 is 0.886 bits per heavy atom. The van der Waals surface area contributed by atoms with Crippen LogP contribution in [0, 0.1) is 13.8 Å². The Morgan fingerprint density at radius 1 is 0.432 bits per heavy atom. The van der Waals surface area contributed by atoms with Gasteiger partial charge in [-0.3, -0.25) is 0 Å². The zero-order valence-corrected chi connectivity index (χ0v) is 25.6. The summed E-state index contributed by atoms with van der Waals surface area (Å²) < 4.78 is 20.5. The summed E-state index contributed by atoms with van der Waals surface area (Å²) in [7, 11) is 0. The summed E-state index contributed by atoms with van der Waals surface area (Å²) in [5.74, 6) is 1.94. The molecule has 0 radical (unpaired) electrons. The summed E-state index contributed by atoms with van der Waals surface area (Å²) in [4.78, 5) is 9.62. The van der Waals surface area contributed by atoms with Crippen LogP contribution >= 0.6 is 0 Å². The molecule has 5 nitrogen and oxygen atoms in total. The van der Waals surface area contributed by atoms with E-state index in [9.17, 15) is 0 Å². The van der Waals surface area contributed by atoms with E-state index in [1.807, 2.05) is 98.8 Å². The largest absolute Gasteiger partial charge is 1.20 e. The van der Waals surface area contributed by atoms with Crippen LogP contribution in [0.15, 0.2) is 140 Å². The Hall–Kier alpha value is -5.15. The summed E-state index contributed by atoms with van der Waals surface area (Å²) in [6, 6.07) is 46.7. The predicted molar refractivity (Wildman–Crippen MR) is 178 cm³/mol. The molecule has 0 N–H and O–H groups in total. The molecule has 44 heavy (non-hydrogen) atoms. The zero-order valence-electron chi connectivity index (χ0n) is 24.5. The van der Waals surface area contributed by atoms with Gasteiger partial charge in [-0.15, -0.1) is 0 Å². The standard InChI is InChI=1S/C18H14O.2C10H9NO.Al/c19-18-16(14-8-3-1-4-9-14)12-7-13-17(18)15-10-5-2-6-11-15;2*1-7-5-6-8-3-2-4-9(12)10(8)11-7;/h1-13,19H;2*2-6,12H,1H3;/q;;;+3/p-3. The van der Waals surface area contributed by atoms with E-state index >= 15 is 0 Å². The lowest BCUT2D eigenvalue weighted by Gasteiger charge is -2.22. The Kier molecular flexibility index (Phi) is 7.69. The van der Waals surface area contributed by atoms with Crippen LogP contribution in [0.2, 0.25) is 0 Å². The molecule has 5 aromatic carbocycles. The predicted octanol–water partition coefficient (Wildman–Crippen LogP) is 9.26. The average molecular weight is 589 g/mol. The fraction of sp³-hybridized carbons (Fsp3) is 0.0526. The smallest absolute Gasteiger partial charge is 0.576 e. The normalized spacial score (nSPS) is 11.0. The first-order valence-electron chi connectivity index (χ1n) is 14.6. The highest BCUT2D eigenvalue weighted by Gasteiger charge is 2.46. The Labute approximate surface area is 261 Å². The molecule has 2 aromatic heterocycles. The van der Waals surface area contributed by atoms with Crippen molar-refractivity contribution in [3.63, 3.8) is 0 Å². The van der Waals surface area contributed by atoms with Gasteiger partial charge in [0.2, 0.25) is 0 Å². The van der Waals surface area contributed by atoms with Crippen molar-refractivity contribution < 1.29 is 11.4 Å². The van der Waals surface area contributed by atoms with E-state index in [1.54, 1.807) is 0 Å². The van der Waals surface area contributed by atoms with Crippen molar-refractivity contribution in [2.24, 2.45) is 0 Å². The highest BCUT2D eigenvalue weighted by molar-refractivity contribution is 6.40. The maximum Gasteiger partial charge on any atom is 1.20 e. The van der Waals surface area contributed by atoms with Crippen LogP contribution in [0.4, 0.5) is 0 Å². The molecule has 0 atom stereocenters. The van der Waals surface area contributed by atoms with E-state index in [2.05, 4.69) is 54.6 Å². The fourth-order valence-corrected chi connectivity index (χ4v) is 6.74. The Bertz CT molecular complexity index is 1940. The van der Waals surface area contributed by atoms with Crippen LogP contribution in [-0.2, 0) is 0 Å². The van der Waals surface area contributed by atoms with Crippen molar-refractivity contribution >= 4 is 37.0 Å². The van der Waals surface area contributed by atoms with Crippen LogP contribution in [0.25, 0.3) is 44.1 Å². The van der Waals surface area contributed by atoms with Crippen LogP contribution in [0.3, 0.4) is 0 Å². The lowest BCUT2D eigenvalue weighted by molar-refractivity contribution is 0.311. The van der Waals surface area contributed by atoms with E-state index in [-0.39, 0.29) is 0 Å². The lowest BCUT2D eigenvalue weighted by Crippen LogP contribution is -2.37. The molecule has 0 aliphatic heterocycles. The maximum atomic E-state index is 6.99. The highest BCUT2D eigenvalue weighted by atomic mass is 27.3. The lowest BCUT2D eigenvalue weighted by atomic mass is 9.97. The number of nitrogens with zero attached hydrogens (tertiary/aromatic N) is 2. The van der Waals surface area contributed by atoms with Gasteiger partial charge in [0.25, 0.3) is 0 Å². The van der Waals surface area contributed by atoms with Crippen molar-refractivity contribution in [1.82, 2.24) is 9.97 Å². The molecular weight excluding hydrogens is 559 g/mol. The third kappa shape index (κ3) is 5.74. The van der Waals surface area contributed by atoms with E-state index in [0.717, 1.165) is 55.4 Å². The zero-order chi connectivity index (χ0) is 29.9. The summed E-state index contributed by atoms with van der Waals surface area (Å²) in [6.45, 7) is 3.95. The molecule has 212 valence electrons. The van der Waals surface area contributed by atoms with Crippen molar-refractivity contribution in [2.45, 2.75) is 13.8 Å². The van der Waals surface area contributed by atoms with Crippen LogP contribution in [-0.4, -0.2) is 25.1 Å². The summed E-state index contributed by atoms with van der Waals surface area (Å²) in [6.07, 6.45) is 0. The Morgan fingerprint density at radius 3 is 1.36 bits per heavy atom. The molecule has 0 amide bonds. The van der Waals surface area contributed by atoms with E-state index in [4.69, 9.17) is 21.3 Å². The molecule has 0 fully saturated rings. The first kappa shape index (κ1) is 27.7. The number of benzene rings is 5. The van der Waals surface area contributed by atoms with Crippen LogP contribution < -0.4 is 11.4 Å². The maximum absolute atomic E-state index is 6.99. The molecule has 2 heterocycles. The number of aromatic nitrogens is 2. The second-order valence-corrected chi connectivity index (χ2v) is 11.9. The number of aryl methyl sites for hydroxylation is 2. The first-order chi connectivity index (χ1) is 21.6. The van der Waals surface area contributed by atoms with Gasteiger partial charge in [-0.2, -0.15) is 0 Å². The molecular formula is C38H29AlN2O3. The molecule has 0 bridgehead atoms. The number of fused-ring (bicyclic) bond motifs is 2. The van der Waals surface area contributed by atoms with Crippen molar-refractivity contribution in [2.75, 3.05) is 0 Å². The molecule has 7 rings (SSSR count). The topological polar surface area (TPSA) is 53.5 Å². The second kappa shape index (κ2) is 12.2. The minimum Gasteiger partial charge on any atom is -0.576 e. The van der Waals surface area contributed by atoms with Gasteiger partial charge < -0.3 is 11.4 Å². The number of pyridine rings is 2. The number of para-hydroxylation sites is 3. The van der Waals surface area contributed by atoms with Crippen LogP contribution in [0.1, 0.15) is 11.4 Å². The minimum absolute atomic E-state index is 0.616.